The van der Waals surface area contributed by atoms with Crippen LogP contribution in [0.1, 0.15) is 39.0 Å². The first-order valence-electron chi connectivity index (χ1n) is 5.53. The van der Waals surface area contributed by atoms with Crippen LogP contribution in [0.15, 0.2) is 11.8 Å². The van der Waals surface area contributed by atoms with Crippen LogP contribution >= 0.6 is 0 Å². The van der Waals surface area contributed by atoms with Crippen LogP contribution in [0.2, 0.25) is 0 Å². The van der Waals surface area contributed by atoms with Gasteiger partial charge in [-0.25, -0.2) is 0 Å². The second kappa shape index (κ2) is 5.18. The summed E-state index contributed by atoms with van der Waals surface area (Å²) in [6.07, 6.45) is 7.32. The summed E-state index contributed by atoms with van der Waals surface area (Å²) in [4.78, 5) is 13.6. The summed E-state index contributed by atoms with van der Waals surface area (Å²) in [5.41, 5.74) is 1.03. The number of Topliss-reactive ketones (excluding diaryl/α,β-unsaturated/α-hetero) is 1. The highest BCUT2D eigenvalue weighted by atomic mass is 16.1. The number of nitrogens with zero attached hydrogens (tertiary/aromatic N) is 1. The van der Waals surface area contributed by atoms with Crippen molar-refractivity contribution < 1.29 is 4.79 Å². The van der Waals surface area contributed by atoms with Crippen LogP contribution in [-0.2, 0) is 4.79 Å². The maximum Gasteiger partial charge on any atom is 0.160 e. The van der Waals surface area contributed by atoms with Crippen molar-refractivity contribution in [3.05, 3.63) is 11.8 Å². The van der Waals surface area contributed by atoms with Gasteiger partial charge in [-0.05, 0) is 18.8 Å². The van der Waals surface area contributed by atoms with Crippen LogP contribution in [-0.4, -0.2) is 24.8 Å². The molecule has 0 bridgehead atoms. The molecule has 0 aliphatic heterocycles. The molecule has 80 valence electrons. The molecule has 0 saturated heterocycles. The van der Waals surface area contributed by atoms with Gasteiger partial charge >= 0.3 is 0 Å². The van der Waals surface area contributed by atoms with E-state index in [-0.39, 0.29) is 0 Å². The largest absolute Gasteiger partial charge is 0.383 e. The quantitative estimate of drug-likeness (QED) is 0.645. The van der Waals surface area contributed by atoms with E-state index in [0.717, 1.165) is 30.8 Å². The highest BCUT2D eigenvalue weighted by Crippen LogP contribution is 2.29. The molecule has 0 N–H and O–H groups in total. The van der Waals surface area contributed by atoms with Gasteiger partial charge in [-0.2, -0.15) is 0 Å². The van der Waals surface area contributed by atoms with Gasteiger partial charge in [-0.3, -0.25) is 4.79 Å². The van der Waals surface area contributed by atoms with Crippen molar-refractivity contribution in [2.45, 2.75) is 39.0 Å². The Morgan fingerprint density at radius 3 is 2.79 bits per heavy atom. The molecular formula is C12H21NO. The lowest BCUT2D eigenvalue weighted by Gasteiger charge is -2.23. The van der Waals surface area contributed by atoms with Gasteiger partial charge in [-0.15, -0.1) is 0 Å². The first-order valence-corrected chi connectivity index (χ1v) is 5.53. The molecule has 0 spiro atoms. The third kappa shape index (κ3) is 3.17. The van der Waals surface area contributed by atoms with Crippen LogP contribution < -0.4 is 0 Å². The topological polar surface area (TPSA) is 20.3 Å². The second-order valence-corrected chi connectivity index (χ2v) is 4.44. The Kier molecular flexibility index (Phi) is 4.18. The average molecular weight is 195 g/mol. The summed E-state index contributed by atoms with van der Waals surface area (Å²) < 4.78 is 0. The van der Waals surface area contributed by atoms with Gasteiger partial charge in [0.25, 0.3) is 0 Å². The highest BCUT2D eigenvalue weighted by molar-refractivity contribution is 5.95. The Bertz CT molecular complexity index is 230. The van der Waals surface area contributed by atoms with Gasteiger partial charge in [0, 0.05) is 32.3 Å². The summed E-state index contributed by atoms with van der Waals surface area (Å²) in [6.45, 7) is 2.21. The number of carbonyl (C=O) groups is 1. The first kappa shape index (κ1) is 11.3. The monoisotopic (exact) mass is 195 g/mol. The van der Waals surface area contributed by atoms with E-state index in [9.17, 15) is 4.79 Å². The Hall–Kier alpha value is -0.790. The third-order valence-electron chi connectivity index (χ3n) is 2.76. The molecule has 0 aromatic rings. The molecule has 14 heavy (non-hydrogen) atoms. The van der Waals surface area contributed by atoms with Crippen molar-refractivity contribution in [3.8, 4) is 0 Å². The molecular weight excluding hydrogens is 174 g/mol. The number of rotatable bonds is 3. The molecule has 0 radical (unpaired) electrons. The first-order chi connectivity index (χ1) is 6.63. The van der Waals surface area contributed by atoms with Gasteiger partial charge in [0.15, 0.2) is 5.78 Å². The zero-order valence-corrected chi connectivity index (χ0v) is 9.55. The lowest BCUT2D eigenvalue weighted by molar-refractivity contribution is -0.117. The van der Waals surface area contributed by atoms with Crippen molar-refractivity contribution in [2.75, 3.05) is 14.1 Å². The van der Waals surface area contributed by atoms with Gasteiger partial charge < -0.3 is 4.90 Å². The molecule has 2 heteroatoms. The molecule has 1 atom stereocenters. The fraction of sp³-hybridized carbons (Fsp3) is 0.750. The predicted molar refractivity (Wildman–Crippen MR) is 59.0 cm³/mol. The SMILES string of the molecule is CCCC1CCC(=O)/C(=C\N(C)C)C1. The fourth-order valence-electron chi connectivity index (χ4n) is 2.11. The van der Waals surface area contributed by atoms with E-state index in [2.05, 4.69) is 6.92 Å². The number of hydrogen-bond acceptors (Lipinski definition) is 2. The molecule has 1 aliphatic rings. The zero-order valence-electron chi connectivity index (χ0n) is 9.55. The standard InChI is InChI=1S/C12H21NO/c1-4-5-10-6-7-12(14)11(8-10)9-13(2)3/h9-10H,4-8H2,1-3H3/b11-9-. The van der Waals surface area contributed by atoms with E-state index < -0.39 is 0 Å². The number of allylic oxidation sites excluding steroid dienone is 1. The van der Waals surface area contributed by atoms with E-state index in [1.54, 1.807) is 0 Å². The number of hydrogen-bond donors (Lipinski definition) is 0. The Morgan fingerprint density at radius 1 is 1.50 bits per heavy atom. The van der Waals surface area contributed by atoms with Gasteiger partial charge in [0.1, 0.15) is 0 Å². The Balaban J connectivity index is 2.59. The van der Waals surface area contributed by atoms with Gasteiger partial charge in [0.2, 0.25) is 0 Å². The van der Waals surface area contributed by atoms with E-state index in [0.29, 0.717) is 5.78 Å². The summed E-state index contributed by atoms with van der Waals surface area (Å²) in [7, 11) is 3.95. The lowest BCUT2D eigenvalue weighted by atomic mass is 9.82. The second-order valence-electron chi connectivity index (χ2n) is 4.44. The zero-order chi connectivity index (χ0) is 10.6. The van der Waals surface area contributed by atoms with Crippen molar-refractivity contribution in [3.63, 3.8) is 0 Å². The molecule has 2 nitrogen and oxygen atoms in total. The van der Waals surface area contributed by atoms with Crippen LogP contribution in [0.5, 0.6) is 0 Å². The minimum atomic E-state index is 0.353. The smallest absolute Gasteiger partial charge is 0.160 e. The van der Waals surface area contributed by atoms with Gasteiger partial charge in [0.05, 0.1) is 0 Å². The van der Waals surface area contributed by atoms with E-state index in [1.807, 2.05) is 25.2 Å². The normalized spacial score (nSPS) is 25.5. The van der Waals surface area contributed by atoms with Gasteiger partial charge in [-0.1, -0.05) is 19.8 Å². The van der Waals surface area contributed by atoms with Crippen molar-refractivity contribution in [2.24, 2.45) is 5.92 Å². The fourth-order valence-corrected chi connectivity index (χ4v) is 2.11. The summed E-state index contributed by atoms with van der Waals surface area (Å²) in [6, 6.07) is 0. The number of ketones is 1. The summed E-state index contributed by atoms with van der Waals surface area (Å²) in [5, 5.41) is 0. The van der Waals surface area contributed by atoms with Crippen LogP contribution in [0.4, 0.5) is 0 Å². The van der Waals surface area contributed by atoms with E-state index in [4.69, 9.17) is 0 Å². The number of carbonyl (C=O) groups excluding carboxylic acids is 1. The van der Waals surface area contributed by atoms with Crippen LogP contribution in [0.3, 0.4) is 0 Å². The molecule has 1 saturated carbocycles. The van der Waals surface area contributed by atoms with Crippen molar-refractivity contribution in [1.82, 2.24) is 4.90 Å². The minimum absolute atomic E-state index is 0.353. The maximum atomic E-state index is 11.6. The Labute approximate surface area is 87.0 Å². The summed E-state index contributed by atoms with van der Waals surface area (Å²) in [5.74, 6) is 1.09. The lowest BCUT2D eigenvalue weighted by Crippen LogP contribution is -2.19. The van der Waals surface area contributed by atoms with E-state index in [1.165, 1.54) is 12.8 Å². The van der Waals surface area contributed by atoms with Crippen molar-refractivity contribution >= 4 is 5.78 Å². The molecule has 0 amide bonds. The minimum Gasteiger partial charge on any atom is -0.383 e. The summed E-state index contributed by atoms with van der Waals surface area (Å²) >= 11 is 0. The molecule has 1 rings (SSSR count). The Morgan fingerprint density at radius 2 is 2.21 bits per heavy atom. The van der Waals surface area contributed by atoms with Crippen LogP contribution in [0, 0.1) is 5.92 Å². The molecule has 0 aromatic heterocycles. The molecule has 0 heterocycles. The van der Waals surface area contributed by atoms with Crippen LogP contribution in [0.25, 0.3) is 0 Å². The molecule has 0 aromatic carbocycles. The molecule has 1 aliphatic carbocycles. The molecule has 1 fully saturated rings. The average Bonchev–Trinajstić information content (AvgIpc) is 2.10. The maximum absolute atomic E-state index is 11.6. The molecule has 1 unspecified atom stereocenters. The third-order valence-corrected chi connectivity index (χ3v) is 2.76. The van der Waals surface area contributed by atoms with Crippen molar-refractivity contribution in [1.29, 1.82) is 0 Å². The van der Waals surface area contributed by atoms with E-state index >= 15 is 0 Å². The predicted octanol–water partition coefficient (Wildman–Crippen LogP) is 2.60. The highest BCUT2D eigenvalue weighted by Gasteiger charge is 2.22.